The first kappa shape index (κ1) is 27.0. The lowest BCUT2D eigenvalue weighted by molar-refractivity contribution is -0.151. The number of esters is 1. The molecule has 0 atom stereocenters. The van der Waals surface area contributed by atoms with Crippen molar-refractivity contribution in [3.8, 4) is 23.6 Å². The maximum absolute atomic E-state index is 14.7. The van der Waals surface area contributed by atoms with Gasteiger partial charge in [0.15, 0.2) is 18.3 Å². The van der Waals surface area contributed by atoms with Crippen molar-refractivity contribution in [2.45, 2.75) is 32.9 Å². The van der Waals surface area contributed by atoms with Crippen LogP contribution in [0.15, 0.2) is 45.7 Å². The third-order valence-corrected chi connectivity index (χ3v) is 5.85. The van der Waals surface area contributed by atoms with Crippen LogP contribution in [0.5, 0.6) is 11.5 Å². The minimum absolute atomic E-state index is 0.0968. The van der Waals surface area contributed by atoms with Gasteiger partial charge in [-0.05, 0) is 58.7 Å². The molecule has 0 spiro atoms. The first-order valence-corrected chi connectivity index (χ1v) is 11.5. The van der Waals surface area contributed by atoms with Crippen molar-refractivity contribution in [3.05, 3.63) is 85.0 Å². The van der Waals surface area contributed by atoms with Crippen LogP contribution in [0.3, 0.4) is 0 Å². The molecule has 3 rings (SSSR count). The van der Waals surface area contributed by atoms with E-state index in [2.05, 4.69) is 21.0 Å². The van der Waals surface area contributed by atoms with Gasteiger partial charge in [0, 0.05) is 12.0 Å². The zero-order valence-electron chi connectivity index (χ0n) is 19.3. The highest BCUT2D eigenvalue weighted by atomic mass is 79.9. The summed E-state index contributed by atoms with van der Waals surface area (Å²) in [7, 11) is 0. The van der Waals surface area contributed by atoms with E-state index in [0.717, 1.165) is 4.68 Å². The number of carbonyl (C=O) groups excluding carboxylic acids is 1. The molecule has 3 aromatic rings. The molecule has 1 aromatic heterocycles. The van der Waals surface area contributed by atoms with Crippen molar-refractivity contribution in [3.63, 3.8) is 0 Å². The van der Waals surface area contributed by atoms with Crippen LogP contribution in [0.25, 0.3) is 0 Å². The van der Waals surface area contributed by atoms with Gasteiger partial charge in [-0.1, -0.05) is 6.07 Å². The summed E-state index contributed by atoms with van der Waals surface area (Å²) in [4.78, 5) is 34.7. The molecule has 0 bridgehead atoms. The fraction of sp³-hybridized carbons (Fsp3) is 0.200. The Balaban J connectivity index is 1.86. The number of aromatic nitrogens is 2. The van der Waals surface area contributed by atoms with E-state index in [1.54, 1.807) is 6.92 Å². The van der Waals surface area contributed by atoms with Crippen molar-refractivity contribution in [1.29, 1.82) is 10.5 Å². The van der Waals surface area contributed by atoms with Crippen molar-refractivity contribution in [2.24, 2.45) is 0 Å². The highest BCUT2D eigenvalue weighted by Gasteiger charge is 2.17. The number of aliphatic carboxylic acids is 1. The van der Waals surface area contributed by atoms with E-state index in [1.807, 2.05) is 12.1 Å². The largest absolute Gasteiger partial charge is 0.481 e. The number of carboxylic acids is 1. The van der Waals surface area contributed by atoms with Crippen LogP contribution in [-0.2, 0) is 27.5 Å². The van der Waals surface area contributed by atoms with E-state index < -0.39 is 36.5 Å². The number of carbonyl (C=O) groups is 2. The number of nitrogens with zero attached hydrogens (tertiary/aromatic N) is 4. The van der Waals surface area contributed by atoms with Gasteiger partial charge < -0.3 is 14.6 Å². The molecule has 0 fully saturated rings. The van der Waals surface area contributed by atoms with Crippen LogP contribution in [0.1, 0.15) is 40.8 Å². The van der Waals surface area contributed by atoms with Crippen molar-refractivity contribution in [2.75, 3.05) is 0 Å². The van der Waals surface area contributed by atoms with Crippen molar-refractivity contribution < 1.29 is 28.6 Å². The Morgan fingerprint density at radius 2 is 1.81 bits per heavy atom. The molecular formula is C25H18BrFN4O6. The van der Waals surface area contributed by atoms with Gasteiger partial charge in [-0.2, -0.15) is 20.3 Å². The number of carboxylic acid groups (broad SMARTS) is 1. The van der Waals surface area contributed by atoms with Gasteiger partial charge in [0.2, 0.25) is 0 Å². The second kappa shape index (κ2) is 11.9. The highest BCUT2D eigenvalue weighted by Crippen LogP contribution is 2.36. The molecule has 2 aromatic carbocycles. The predicted molar refractivity (Wildman–Crippen MR) is 129 cm³/mol. The lowest BCUT2D eigenvalue weighted by atomic mass is 10.1. The predicted octanol–water partition coefficient (Wildman–Crippen LogP) is 3.95. The van der Waals surface area contributed by atoms with Gasteiger partial charge in [-0.3, -0.25) is 14.4 Å². The summed E-state index contributed by atoms with van der Waals surface area (Å²) in [5, 5.41) is 31.2. The maximum Gasteiger partial charge on any atom is 0.308 e. The first-order valence-electron chi connectivity index (χ1n) is 10.7. The average molecular weight is 569 g/mol. The van der Waals surface area contributed by atoms with E-state index in [0.29, 0.717) is 16.8 Å². The minimum atomic E-state index is -1.15. The Labute approximate surface area is 218 Å². The van der Waals surface area contributed by atoms with Gasteiger partial charge in [-0.15, -0.1) is 0 Å². The molecule has 1 heterocycles. The molecule has 0 saturated heterocycles. The molecule has 0 aliphatic rings. The van der Waals surface area contributed by atoms with E-state index in [4.69, 9.17) is 25.1 Å². The first-order chi connectivity index (χ1) is 17.6. The highest BCUT2D eigenvalue weighted by molar-refractivity contribution is 9.10. The fourth-order valence-corrected chi connectivity index (χ4v) is 3.78. The molecule has 0 aliphatic heterocycles. The molecule has 10 nitrogen and oxygen atoms in total. The summed E-state index contributed by atoms with van der Waals surface area (Å²) in [6.07, 6.45) is -0.615. The topological polar surface area (TPSA) is 155 Å². The van der Waals surface area contributed by atoms with Crippen molar-refractivity contribution >= 4 is 27.9 Å². The quantitative estimate of drug-likeness (QED) is 0.377. The lowest BCUT2D eigenvalue weighted by Crippen LogP contribution is -2.28. The second-order valence-corrected chi connectivity index (χ2v) is 8.55. The molecule has 0 aliphatic carbocycles. The van der Waals surface area contributed by atoms with E-state index in [-0.39, 0.29) is 39.9 Å². The van der Waals surface area contributed by atoms with Gasteiger partial charge in [0.25, 0.3) is 5.56 Å². The molecule has 12 heteroatoms. The van der Waals surface area contributed by atoms with Crippen LogP contribution >= 0.6 is 15.9 Å². The molecule has 0 saturated carbocycles. The van der Waals surface area contributed by atoms with Gasteiger partial charge in [-0.25, -0.2) is 4.39 Å². The maximum atomic E-state index is 14.7. The van der Waals surface area contributed by atoms with Gasteiger partial charge in [0.05, 0.1) is 46.3 Å². The zero-order valence-corrected chi connectivity index (χ0v) is 20.9. The SMILES string of the molecule is Cc1cc(Cc2ccc(F)c(Oc3cc(C#N)cc(C#N)c3)c2Br)nn(COC(=O)CCC(=O)O)c1=O. The Kier molecular flexibility index (Phi) is 8.72. The Hall–Kier alpha value is -4.55. The Morgan fingerprint density at radius 3 is 2.43 bits per heavy atom. The molecule has 188 valence electrons. The van der Waals surface area contributed by atoms with Crippen LogP contribution < -0.4 is 10.3 Å². The van der Waals surface area contributed by atoms with E-state index in [1.165, 1.54) is 36.4 Å². The number of nitriles is 2. The summed E-state index contributed by atoms with van der Waals surface area (Å²) in [6.45, 7) is 1.06. The van der Waals surface area contributed by atoms with Crippen LogP contribution in [0.4, 0.5) is 4.39 Å². The molecule has 0 radical (unpaired) electrons. The number of aryl methyl sites for hydroxylation is 1. The van der Waals surface area contributed by atoms with Crippen molar-refractivity contribution in [1.82, 2.24) is 9.78 Å². The second-order valence-electron chi connectivity index (χ2n) is 7.76. The van der Waals surface area contributed by atoms with Gasteiger partial charge >= 0.3 is 11.9 Å². The van der Waals surface area contributed by atoms with Crippen LogP contribution in [0.2, 0.25) is 0 Å². The van der Waals surface area contributed by atoms with E-state index in [9.17, 15) is 18.8 Å². The zero-order chi connectivity index (χ0) is 27.1. The molecule has 0 unspecified atom stereocenters. The summed E-state index contributed by atoms with van der Waals surface area (Å²) in [5.41, 5.74) is 1.11. The van der Waals surface area contributed by atoms with Gasteiger partial charge in [0.1, 0.15) is 5.75 Å². The lowest BCUT2D eigenvalue weighted by Gasteiger charge is -2.14. The summed E-state index contributed by atoms with van der Waals surface area (Å²) in [5.74, 6) is -2.71. The summed E-state index contributed by atoms with van der Waals surface area (Å²) >= 11 is 3.34. The number of halogens is 2. The third-order valence-electron chi connectivity index (χ3n) is 4.98. The summed E-state index contributed by atoms with van der Waals surface area (Å²) in [6, 6.07) is 12.2. The fourth-order valence-electron chi connectivity index (χ4n) is 3.24. The Bertz CT molecular complexity index is 1490. The molecule has 37 heavy (non-hydrogen) atoms. The third kappa shape index (κ3) is 6.99. The Morgan fingerprint density at radius 1 is 1.14 bits per heavy atom. The summed E-state index contributed by atoms with van der Waals surface area (Å²) < 4.78 is 26.5. The molecule has 1 N–H and O–H groups in total. The number of hydrogen-bond acceptors (Lipinski definition) is 8. The monoisotopic (exact) mass is 568 g/mol. The normalized spacial score (nSPS) is 10.3. The average Bonchev–Trinajstić information content (AvgIpc) is 2.87. The number of rotatable bonds is 9. The van der Waals surface area contributed by atoms with Crippen LogP contribution in [-0.4, -0.2) is 26.8 Å². The molecular weight excluding hydrogens is 551 g/mol. The standard InChI is InChI=1S/C25H18BrFN4O6/c1-14-6-18(30-31(25(14)35)13-36-22(34)5-4-21(32)33)10-17-2-3-20(27)24(23(17)26)37-19-8-15(11-28)7-16(9-19)12-29/h2-3,6-9H,4-5,10,13H2,1H3,(H,32,33). The number of ether oxygens (including phenoxy) is 2. The van der Waals surface area contributed by atoms with Crippen LogP contribution in [0, 0.1) is 35.4 Å². The minimum Gasteiger partial charge on any atom is -0.481 e. The number of benzene rings is 2. The molecule has 0 amide bonds. The van der Waals surface area contributed by atoms with E-state index >= 15 is 0 Å². The smallest absolute Gasteiger partial charge is 0.308 e. The number of hydrogen-bond donors (Lipinski definition) is 1.